The van der Waals surface area contributed by atoms with Crippen molar-refractivity contribution in [2.45, 2.75) is 51.1 Å². The Kier molecular flexibility index (Phi) is 5.27. The van der Waals surface area contributed by atoms with Crippen LogP contribution in [0.5, 0.6) is 0 Å². The first kappa shape index (κ1) is 13.0. The molecule has 4 nitrogen and oxygen atoms in total. The first-order valence-electron chi connectivity index (χ1n) is 6.02. The summed E-state index contributed by atoms with van der Waals surface area (Å²) in [6, 6.07) is 2.18. The molecular formula is C12H21N3O. The van der Waals surface area contributed by atoms with E-state index in [-0.39, 0.29) is 11.9 Å². The number of carbonyl (C=O) groups excluding carboxylic acids is 1. The van der Waals surface area contributed by atoms with E-state index >= 15 is 0 Å². The molecule has 1 unspecified atom stereocenters. The third kappa shape index (κ3) is 3.82. The Hall–Kier alpha value is -1.08. The smallest absolute Gasteiger partial charge is 0.237 e. The highest BCUT2D eigenvalue weighted by molar-refractivity contribution is 5.81. The molecule has 0 radical (unpaired) electrons. The number of nitrogens with zero attached hydrogens (tertiary/aromatic N) is 2. The fraction of sp³-hybridized carbons (Fsp3) is 0.833. The van der Waals surface area contributed by atoms with Crippen LogP contribution in [-0.2, 0) is 4.79 Å². The first-order valence-corrected chi connectivity index (χ1v) is 6.02. The van der Waals surface area contributed by atoms with Crippen LogP contribution in [0.15, 0.2) is 0 Å². The number of nitrogens with one attached hydrogen (secondary N) is 1. The molecule has 1 fully saturated rings. The maximum absolute atomic E-state index is 11.9. The van der Waals surface area contributed by atoms with Gasteiger partial charge in [-0.15, -0.1) is 0 Å². The van der Waals surface area contributed by atoms with E-state index in [4.69, 9.17) is 5.26 Å². The van der Waals surface area contributed by atoms with Gasteiger partial charge in [-0.2, -0.15) is 5.26 Å². The second kappa shape index (κ2) is 6.49. The summed E-state index contributed by atoms with van der Waals surface area (Å²) in [6.07, 6.45) is 5.91. The van der Waals surface area contributed by atoms with E-state index in [9.17, 15) is 4.79 Å². The van der Waals surface area contributed by atoms with Crippen LogP contribution in [0.4, 0.5) is 0 Å². The summed E-state index contributed by atoms with van der Waals surface area (Å²) in [5.41, 5.74) is 0. The van der Waals surface area contributed by atoms with Gasteiger partial charge in [0.05, 0.1) is 18.7 Å². The highest BCUT2D eigenvalue weighted by Gasteiger charge is 2.21. The van der Waals surface area contributed by atoms with Crippen molar-refractivity contribution in [3.63, 3.8) is 0 Å². The van der Waals surface area contributed by atoms with Gasteiger partial charge in [-0.3, -0.25) is 9.69 Å². The molecule has 1 rings (SSSR count). The summed E-state index contributed by atoms with van der Waals surface area (Å²) in [4.78, 5) is 13.6. The minimum absolute atomic E-state index is 0.0460. The Balaban J connectivity index is 2.35. The lowest BCUT2D eigenvalue weighted by atomic mass is 9.95. The molecular weight excluding hydrogens is 202 g/mol. The van der Waals surface area contributed by atoms with E-state index in [1.807, 2.05) is 6.92 Å². The van der Waals surface area contributed by atoms with E-state index < -0.39 is 0 Å². The lowest BCUT2D eigenvalue weighted by Crippen LogP contribution is -2.47. The average Bonchev–Trinajstić information content (AvgIpc) is 2.29. The quantitative estimate of drug-likeness (QED) is 0.730. The standard InChI is InChI=1S/C12H21N3O/c1-10(15(2)9-8-13)12(16)14-11-6-4-3-5-7-11/h10-11H,3-7,9H2,1-2H3,(H,14,16). The van der Waals surface area contributed by atoms with Gasteiger partial charge < -0.3 is 5.32 Å². The summed E-state index contributed by atoms with van der Waals surface area (Å²) >= 11 is 0. The molecule has 0 aromatic carbocycles. The van der Waals surface area contributed by atoms with Crippen molar-refractivity contribution in [1.29, 1.82) is 5.26 Å². The molecule has 0 aliphatic heterocycles. The Labute approximate surface area is 97.6 Å². The highest BCUT2D eigenvalue weighted by atomic mass is 16.2. The summed E-state index contributed by atoms with van der Waals surface area (Å²) in [5, 5.41) is 11.6. The number of likely N-dealkylation sites (N-methyl/N-ethyl adjacent to an activating group) is 1. The van der Waals surface area contributed by atoms with Gasteiger partial charge in [0.2, 0.25) is 5.91 Å². The van der Waals surface area contributed by atoms with Crippen molar-refractivity contribution in [2.24, 2.45) is 0 Å². The summed E-state index contributed by atoms with van der Waals surface area (Å²) < 4.78 is 0. The zero-order valence-electron chi connectivity index (χ0n) is 10.2. The number of nitriles is 1. The minimum atomic E-state index is -0.221. The predicted octanol–water partition coefficient (Wildman–Crippen LogP) is 1.28. The second-order valence-electron chi connectivity index (χ2n) is 4.59. The van der Waals surface area contributed by atoms with Gasteiger partial charge in [0.1, 0.15) is 0 Å². The lowest BCUT2D eigenvalue weighted by molar-refractivity contribution is -0.126. The summed E-state index contributed by atoms with van der Waals surface area (Å²) in [5.74, 6) is 0.0460. The van der Waals surface area contributed by atoms with Crippen molar-refractivity contribution in [3.05, 3.63) is 0 Å². The van der Waals surface area contributed by atoms with E-state index in [2.05, 4.69) is 11.4 Å². The molecule has 1 N–H and O–H groups in total. The number of hydrogen-bond donors (Lipinski definition) is 1. The van der Waals surface area contributed by atoms with Crippen LogP contribution < -0.4 is 5.32 Å². The molecule has 1 aliphatic carbocycles. The topological polar surface area (TPSA) is 56.1 Å². The fourth-order valence-electron chi connectivity index (χ4n) is 2.02. The Morgan fingerprint density at radius 2 is 2.12 bits per heavy atom. The number of hydrogen-bond acceptors (Lipinski definition) is 3. The SMILES string of the molecule is CC(C(=O)NC1CCCCC1)N(C)CC#N. The second-order valence-corrected chi connectivity index (χ2v) is 4.59. The van der Waals surface area contributed by atoms with Crippen molar-refractivity contribution >= 4 is 5.91 Å². The Morgan fingerprint density at radius 3 is 2.69 bits per heavy atom. The molecule has 1 amide bonds. The molecule has 1 atom stereocenters. The van der Waals surface area contributed by atoms with Gasteiger partial charge in [-0.25, -0.2) is 0 Å². The summed E-state index contributed by atoms with van der Waals surface area (Å²) in [6.45, 7) is 2.13. The van der Waals surface area contributed by atoms with E-state index in [0.29, 0.717) is 12.6 Å². The molecule has 0 aromatic rings. The van der Waals surface area contributed by atoms with Crippen molar-refractivity contribution in [1.82, 2.24) is 10.2 Å². The monoisotopic (exact) mass is 223 g/mol. The predicted molar refractivity (Wildman–Crippen MR) is 62.7 cm³/mol. The number of rotatable bonds is 4. The molecule has 0 spiro atoms. The van der Waals surface area contributed by atoms with E-state index in [1.165, 1.54) is 19.3 Å². The third-order valence-electron chi connectivity index (χ3n) is 3.31. The Morgan fingerprint density at radius 1 is 1.50 bits per heavy atom. The summed E-state index contributed by atoms with van der Waals surface area (Å²) in [7, 11) is 1.80. The van der Waals surface area contributed by atoms with Crippen LogP contribution in [0.25, 0.3) is 0 Å². The molecule has 0 heterocycles. The van der Waals surface area contributed by atoms with Crippen LogP contribution >= 0.6 is 0 Å². The molecule has 0 saturated heterocycles. The van der Waals surface area contributed by atoms with Gasteiger partial charge in [0.25, 0.3) is 0 Å². The highest BCUT2D eigenvalue weighted by Crippen LogP contribution is 2.17. The van der Waals surface area contributed by atoms with Crippen LogP contribution in [0, 0.1) is 11.3 Å². The van der Waals surface area contributed by atoms with Gasteiger partial charge in [0, 0.05) is 6.04 Å². The molecule has 1 saturated carbocycles. The van der Waals surface area contributed by atoms with Crippen LogP contribution in [0.3, 0.4) is 0 Å². The van der Waals surface area contributed by atoms with Crippen LogP contribution in [0.1, 0.15) is 39.0 Å². The number of amides is 1. The van der Waals surface area contributed by atoms with Gasteiger partial charge in [0.15, 0.2) is 0 Å². The minimum Gasteiger partial charge on any atom is -0.352 e. The van der Waals surface area contributed by atoms with Crippen molar-refractivity contribution in [2.75, 3.05) is 13.6 Å². The zero-order valence-corrected chi connectivity index (χ0v) is 10.2. The zero-order chi connectivity index (χ0) is 12.0. The molecule has 0 aromatic heterocycles. The Bertz CT molecular complexity index is 266. The number of carbonyl (C=O) groups is 1. The molecule has 4 heteroatoms. The fourth-order valence-corrected chi connectivity index (χ4v) is 2.02. The third-order valence-corrected chi connectivity index (χ3v) is 3.31. The van der Waals surface area contributed by atoms with Gasteiger partial charge in [-0.05, 0) is 26.8 Å². The molecule has 1 aliphatic rings. The largest absolute Gasteiger partial charge is 0.352 e. The van der Waals surface area contributed by atoms with E-state index in [1.54, 1.807) is 11.9 Å². The van der Waals surface area contributed by atoms with Crippen LogP contribution in [0.2, 0.25) is 0 Å². The molecule has 90 valence electrons. The van der Waals surface area contributed by atoms with Crippen LogP contribution in [-0.4, -0.2) is 36.5 Å². The lowest BCUT2D eigenvalue weighted by Gasteiger charge is -2.27. The van der Waals surface area contributed by atoms with Crippen molar-refractivity contribution in [3.8, 4) is 6.07 Å². The van der Waals surface area contributed by atoms with E-state index in [0.717, 1.165) is 12.8 Å². The van der Waals surface area contributed by atoms with Gasteiger partial charge >= 0.3 is 0 Å². The molecule has 16 heavy (non-hydrogen) atoms. The maximum atomic E-state index is 11.9. The molecule has 0 bridgehead atoms. The first-order chi connectivity index (χ1) is 7.65. The van der Waals surface area contributed by atoms with Gasteiger partial charge in [-0.1, -0.05) is 19.3 Å². The van der Waals surface area contributed by atoms with Crippen molar-refractivity contribution < 1.29 is 4.79 Å². The maximum Gasteiger partial charge on any atom is 0.237 e. The average molecular weight is 223 g/mol. The normalized spacial score (nSPS) is 19.1.